The molecular formula is C46H34N4. The van der Waals surface area contributed by atoms with Crippen molar-refractivity contribution in [3.8, 4) is 67.8 Å². The Bertz CT molecular complexity index is 2310. The van der Waals surface area contributed by atoms with Crippen molar-refractivity contribution in [1.82, 2.24) is 19.9 Å². The van der Waals surface area contributed by atoms with Crippen molar-refractivity contribution in [2.75, 3.05) is 0 Å². The van der Waals surface area contributed by atoms with Gasteiger partial charge in [0.15, 0.2) is 11.6 Å². The summed E-state index contributed by atoms with van der Waals surface area (Å²) >= 11 is 0. The lowest BCUT2D eigenvalue weighted by atomic mass is 10.00. The van der Waals surface area contributed by atoms with Gasteiger partial charge in [-0.1, -0.05) is 163 Å². The largest absolute Gasteiger partial charge is 0.228 e. The molecule has 0 saturated heterocycles. The molecule has 8 aromatic rings. The van der Waals surface area contributed by atoms with Crippen LogP contribution in [0, 0.1) is 6.92 Å². The quantitative estimate of drug-likeness (QED) is 0.165. The van der Waals surface area contributed by atoms with E-state index in [-0.39, 0.29) is 0 Å². The molecule has 0 aliphatic rings. The van der Waals surface area contributed by atoms with Crippen molar-refractivity contribution in [3.05, 3.63) is 193 Å². The fraction of sp³-hybridized carbons (Fsp3) is 0.0435. The molecule has 2 heterocycles. The summed E-state index contributed by atoms with van der Waals surface area (Å²) in [5.41, 5.74) is 13.5. The van der Waals surface area contributed by atoms with Crippen molar-refractivity contribution in [1.29, 1.82) is 0 Å². The minimum Gasteiger partial charge on any atom is -0.228 e. The first-order valence-corrected chi connectivity index (χ1v) is 16.8. The maximum absolute atomic E-state index is 5.03. The van der Waals surface area contributed by atoms with E-state index in [1.54, 1.807) is 0 Å². The van der Waals surface area contributed by atoms with Crippen molar-refractivity contribution >= 4 is 0 Å². The minimum absolute atomic E-state index is 0.713. The summed E-state index contributed by atoms with van der Waals surface area (Å²) in [5, 5.41) is 0. The molecule has 2 aromatic heterocycles. The molecule has 0 spiro atoms. The normalized spacial score (nSPS) is 11.0. The van der Waals surface area contributed by atoms with Gasteiger partial charge in [-0.3, -0.25) is 0 Å². The average molecular weight is 643 g/mol. The molecule has 0 N–H and O–H groups in total. The third-order valence-corrected chi connectivity index (χ3v) is 8.81. The lowest BCUT2D eigenvalue weighted by Gasteiger charge is -2.11. The highest BCUT2D eigenvalue weighted by Crippen LogP contribution is 2.30. The maximum atomic E-state index is 5.03. The summed E-state index contributed by atoms with van der Waals surface area (Å²) in [5.74, 6) is 1.43. The van der Waals surface area contributed by atoms with Crippen molar-refractivity contribution in [2.24, 2.45) is 0 Å². The molecule has 8 rings (SSSR count). The maximum Gasteiger partial charge on any atom is 0.160 e. The summed E-state index contributed by atoms with van der Waals surface area (Å²) in [4.78, 5) is 20.0. The molecule has 0 atom stereocenters. The molecule has 0 radical (unpaired) electrons. The summed E-state index contributed by atoms with van der Waals surface area (Å²) in [7, 11) is 0. The molecule has 4 heteroatoms. The number of benzene rings is 6. The van der Waals surface area contributed by atoms with Crippen LogP contribution in [-0.4, -0.2) is 19.9 Å². The van der Waals surface area contributed by atoms with Crippen LogP contribution < -0.4 is 0 Å². The van der Waals surface area contributed by atoms with E-state index in [4.69, 9.17) is 19.9 Å². The fourth-order valence-corrected chi connectivity index (χ4v) is 6.12. The second-order valence-corrected chi connectivity index (χ2v) is 12.5. The van der Waals surface area contributed by atoms with E-state index in [1.807, 2.05) is 54.6 Å². The smallest absolute Gasteiger partial charge is 0.160 e. The first kappa shape index (κ1) is 30.8. The lowest BCUT2D eigenvalue weighted by molar-refractivity contribution is 1.16. The van der Waals surface area contributed by atoms with Gasteiger partial charge in [0.2, 0.25) is 0 Å². The second-order valence-electron chi connectivity index (χ2n) is 12.5. The van der Waals surface area contributed by atoms with Crippen LogP contribution in [0.2, 0.25) is 0 Å². The highest BCUT2D eigenvalue weighted by Gasteiger charge is 2.13. The molecule has 0 fully saturated rings. The zero-order valence-corrected chi connectivity index (χ0v) is 27.7. The van der Waals surface area contributed by atoms with Gasteiger partial charge >= 0.3 is 0 Å². The number of aromatic nitrogens is 4. The number of aryl methyl sites for hydroxylation is 1. The summed E-state index contributed by atoms with van der Waals surface area (Å²) in [6.07, 6.45) is 0.783. The Balaban J connectivity index is 1.10. The standard InChI is InChI=1S/C46H34N4/c1-32-20-24-39(25-21-32)45-47-41(35-13-5-2-6-14-35)31-44(48-45)38-26-22-33(23-27-38)28-34-12-11-19-40(29-34)46-49-42(36-15-7-3-8-16-36)30-43(50-46)37-17-9-4-10-18-37/h2-27,29-31H,28H2,1H3. The van der Waals surface area contributed by atoms with E-state index in [0.717, 1.165) is 68.4 Å². The van der Waals surface area contributed by atoms with Gasteiger partial charge in [0.25, 0.3) is 0 Å². The number of hydrogen-bond donors (Lipinski definition) is 0. The monoisotopic (exact) mass is 642 g/mol. The van der Waals surface area contributed by atoms with Gasteiger partial charge in [-0.05, 0) is 42.7 Å². The van der Waals surface area contributed by atoms with Gasteiger partial charge < -0.3 is 0 Å². The first-order chi connectivity index (χ1) is 24.6. The Kier molecular flexibility index (Phi) is 8.57. The fourth-order valence-electron chi connectivity index (χ4n) is 6.12. The number of rotatable bonds is 8. The van der Waals surface area contributed by atoms with Crippen LogP contribution >= 0.6 is 0 Å². The van der Waals surface area contributed by atoms with E-state index in [2.05, 4.69) is 128 Å². The minimum atomic E-state index is 0.713. The Morgan fingerprint density at radius 3 is 1.20 bits per heavy atom. The molecule has 238 valence electrons. The Morgan fingerprint density at radius 1 is 0.320 bits per heavy atom. The van der Waals surface area contributed by atoms with Gasteiger partial charge in [0, 0.05) is 33.4 Å². The topological polar surface area (TPSA) is 51.6 Å². The van der Waals surface area contributed by atoms with E-state index >= 15 is 0 Å². The second kappa shape index (κ2) is 13.9. The summed E-state index contributed by atoms with van der Waals surface area (Å²) in [6, 6.07) is 60.7. The predicted octanol–water partition coefficient (Wildman–Crippen LogP) is 11.2. The van der Waals surface area contributed by atoms with Crippen LogP contribution in [0.1, 0.15) is 16.7 Å². The van der Waals surface area contributed by atoms with Crippen molar-refractivity contribution in [3.63, 3.8) is 0 Å². The van der Waals surface area contributed by atoms with Crippen molar-refractivity contribution < 1.29 is 0 Å². The lowest BCUT2D eigenvalue weighted by Crippen LogP contribution is -1.97. The SMILES string of the molecule is Cc1ccc(-c2nc(-c3ccccc3)cc(-c3ccc(Cc4cccc(-c5nc(-c6ccccc6)cc(-c6ccccc6)n5)c4)cc3)n2)cc1. The molecule has 0 unspecified atom stereocenters. The van der Waals surface area contributed by atoms with Crippen LogP contribution in [0.15, 0.2) is 176 Å². The molecule has 6 aromatic carbocycles. The third kappa shape index (κ3) is 6.87. The number of hydrogen-bond acceptors (Lipinski definition) is 4. The number of nitrogens with zero attached hydrogens (tertiary/aromatic N) is 4. The van der Waals surface area contributed by atoms with E-state index in [9.17, 15) is 0 Å². The predicted molar refractivity (Wildman–Crippen MR) is 204 cm³/mol. The third-order valence-electron chi connectivity index (χ3n) is 8.81. The van der Waals surface area contributed by atoms with Gasteiger partial charge in [-0.25, -0.2) is 19.9 Å². The Labute approximate surface area is 292 Å². The van der Waals surface area contributed by atoms with Crippen LogP contribution in [0.25, 0.3) is 67.8 Å². The highest BCUT2D eigenvalue weighted by atomic mass is 14.9. The molecule has 0 amide bonds. The summed E-state index contributed by atoms with van der Waals surface area (Å²) < 4.78 is 0. The molecule has 50 heavy (non-hydrogen) atoms. The molecular weight excluding hydrogens is 609 g/mol. The zero-order valence-electron chi connectivity index (χ0n) is 27.7. The van der Waals surface area contributed by atoms with Crippen LogP contribution in [-0.2, 0) is 6.42 Å². The Hall–Kier alpha value is -6.52. The van der Waals surface area contributed by atoms with E-state index < -0.39 is 0 Å². The zero-order chi connectivity index (χ0) is 33.7. The average Bonchev–Trinajstić information content (AvgIpc) is 3.19. The molecule has 0 aliphatic carbocycles. The Morgan fingerprint density at radius 2 is 0.720 bits per heavy atom. The summed E-state index contributed by atoms with van der Waals surface area (Å²) in [6.45, 7) is 2.09. The van der Waals surface area contributed by atoms with E-state index in [0.29, 0.717) is 5.82 Å². The van der Waals surface area contributed by atoms with E-state index in [1.165, 1.54) is 16.7 Å². The van der Waals surface area contributed by atoms with Gasteiger partial charge in [0.1, 0.15) is 0 Å². The molecule has 0 aliphatic heterocycles. The van der Waals surface area contributed by atoms with Crippen LogP contribution in [0.3, 0.4) is 0 Å². The van der Waals surface area contributed by atoms with Crippen molar-refractivity contribution in [2.45, 2.75) is 13.3 Å². The van der Waals surface area contributed by atoms with Crippen LogP contribution in [0.4, 0.5) is 0 Å². The van der Waals surface area contributed by atoms with Gasteiger partial charge in [-0.2, -0.15) is 0 Å². The van der Waals surface area contributed by atoms with Gasteiger partial charge in [0.05, 0.1) is 22.8 Å². The highest BCUT2D eigenvalue weighted by molar-refractivity contribution is 5.73. The molecule has 4 nitrogen and oxygen atoms in total. The van der Waals surface area contributed by atoms with Gasteiger partial charge in [-0.15, -0.1) is 0 Å². The van der Waals surface area contributed by atoms with Crippen LogP contribution in [0.5, 0.6) is 0 Å². The molecule has 0 saturated carbocycles. The first-order valence-electron chi connectivity index (χ1n) is 16.8. The molecule has 0 bridgehead atoms.